The highest BCUT2D eigenvalue weighted by atomic mass is 15.0. The van der Waals surface area contributed by atoms with Gasteiger partial charge in [0.05, 0.1) is 0 Å². The molecule has 1 N–H and O–H groups in total. The van der Waals surface area contributed by atoms with Crippen LogP contribution in [0.25, 0.3) is 0 Å². The van der Waals surface area contributed by atoms with Crippen LogP contribution in [0.2, 0.25) is 0 Å². The normalized spacial score (nSPS) is 24.5. The third-order valence-corrected chi connectivity index (χ3v) is 2.59. The molecule has 0 atom stereocenters. The van der Waals surface area contributed by atoms with E-state index in [4.69, 9.17) is 0 Å². The van der Waals surface area contributed by atoms with Crippen molar-refractivity contribution in [3.05, 3.63) is 0 Å². The van der Waals surface area contributed by atoms with Gasteiger partial charge in [-0.1, -0.05) is 0 Å². The summed E-state index contributed by atoms with van der Waals surface area (Å²) in [6, 6.07) is 0.781. The van der Waals surface area contributed by atoms with E-state index in [0.717, 1.165) is 6.04 Å². The molecule has 1 saturated heterocycles. The van der Waals surface area contributed by atoms with E-state index in [2.05, 4.69) is 25.2 Å². The summed E-state index contributed by atoms with van der Waals surface area (Å²) in [5, 5.41) is 3.37. The van der Waals surface area contributed by atoms with E-state index >= 15 is 0 Å². The molecular weight excluding hydrogens is 135 g/mol. The van der Waals surface area contributed by atoms with Crippen LogP contribution in [-0.2, 0) is 0 Å². The van der Waals surface area contributed by atoms with Crippen molar-refractivity contribution in [1.82, 2.24) is 10.1 Å². The van der Waals surface area contributed by atoms with Crippen LogP contribution in [0.3, 0.4) is 0 Å². The molecule has 0 aliphatic carbocycles. The molecule has 11 heavy (non-hydrogen) atoms. The van der Waals surface area contributed by atoms with Gasteiger partial charge in [-0.3, -0.25) is 0 Å². The van der Waals surface area contributed by atoms with E-state index in [1.54, 1.807) is 0 Å². The second-order valence-corrected chi connectivity index (χ2v) is 3.57. The number of hydrogen-bond acceptors (Lipinski definition) is 2. The first-order valence-corrected chi connectivity index (χ1v) is 4.68. The van der Waals surface area contributed by atoms with Crippen molar-refractivity contribution in [3.63, 3.8) is 0 Å². The first kappa shape index (κ1) is 9.08. The summed E-state index contributed by atoms with van der Waals surface area (Å²) in [4.78, 5) is 2.44. The zero-order chi connectivity index (χ0) is 8.10. The quantitative estimate of drug-likeness (QED) is 0.535. The summed E-state index contributed by atoms with van der Waals surface area (Å²) in [5.41, 5.74) is 0. The van der Waals surface area contributed by atoms with E-state index in [1.165, 1.54) is 38.8 Å². The summed E-state index contributed by atoms with van der Waals surface area (Å²) in [7, 11) is 4.30. The lowest BCUT2D eigenvalue weighted by molar-refractivity contribution is 0.344. The van der Waals surface area contributed by atoms with Crippen LogP contribution < -0.4 is 5.32 Å². The van der Waals surface area contributed by atoms with Gasteiger partial charge < -0.3 is 10.1 Å². The van der Waals surface area contributed by atoms with Gasteiger partial charge in [0.1, 0.15) is 0 Å². The van der Waals surface area contributed by atoms with Crippen molar-refractivity contribution in [1.29, 1.82) is 0 Å². The van der Waals surface area contributed by atoms with Crippen molar-refractivity contribution in [2.24, 2.45) is 0 Å². The average Bonchev–Trinajstić information content (AvgIpc) is 1.96. The van der Waals surface area contributed by atoms with Gasteiger partial charge in [-0.25, -0.2) is 0 Å². The maximum Gasteiger partial charge on any atom is 0.185 e. The SMILES string of the molecule is BN1CCCC(NC)CCC1. The molecule has 0 aromatic heterocycles. The highest BCUT2D eigenvalue weighted by Gasteiger charge is 2.10. The van der Waals surface area contributed by atoms with Crippen LogP contribution >= 0.6 is 0 Å². The fourth-order valence-electron chi connectivity index (χ4n) is 1.76. The molecule has 3 heteroatoms. The van der Waals surface area contributed by atoms with Gasteiger partial charge in [-0.05, 0) is 45.8 Å². The van der Waals surface area contributed by atoms with Gasteiger partial charge in [0.2, 0.25) is 0 Å². The molecule has 0 saturated carbocycles. The molecule has 0 aromatic rings. The summed E-state index contributed by atoms with van der Waals surface area (Å²) < 4.78 is 0. The van der Waals surface area contributed by atoms with Crippen molar-refractivity contribution in [2.45, 2.75) is 31.7 Å². The standard InChI is InChI=1S/C8H19BN2/c1-10-8-4-2-6-11(9)7-3-5-8/h8,10H,2-7,9H2,1H3. The Kier molecular flexibility index (Phi) is 3.94. The predicted molar refractivity (Wildman–Crippen MR) is 51.4 cm³/mol. The van der Waals surface area contributed by atoms with Gasteiger partial charge in [-0.2, -0.15) is 0 Å². The minimum absolute atomic E-state index is 0.781. The zero-order valence-corrected chi connectivity index (χ0v) is 7.77. The minimum Gasteiger partial charge on any atom is -0.349 e. The van der Waals surface area contributed by atoms with Crippen LogP contribution in [0.1, 0.15) is 25.7 Å². The molecule has 0 amide bonds. The monoisotopic (exact) mass is 154 g/mol. The maximum atomic E-state index is 3.37. The lowest BCUT2D eigenvalue weighted by atomic mass is 10.0. The highest BCUT2D eigenvalue weighted by molar-refractivity contribution is 6.04. The van der Waals surface area contributed by atoms with Crippen molar-refractivity contribution < 1.29 is 0 Å². The second-order valence-electron chi connectivity index (χ2n) is 3.57. The van der Waals surface area contributed by atoms with Crippen molar-refractivity contribution in [2.75, 3.05) is 20.1 Å². The molecular formula is C8H19BN2. The Balaban J connectivity index is 2.22. The first-order valence-electron chi connectivity index (χ1n) is 4.68. The largest absolute Gasteiger partial charge is 0.349 e. The molecule has 64 valence electrons. The van der Waals surface area contributed by atoms with Crippen LogP contribution in [0.5, 0.6) is 0 Å². The van der Waals surface area contributed by atoms with Crippen LogP contribution in [0.15, 0.2) is 0 Å². The third-order valence-electron chi connectivity index (χ3n) is 2.59. The van der Waals surface area contributed by atoms with Crippen LogP contribution in [-0.4, -0.2) is 39.0 Å². The molecule has 1 rings (SSSR count). The topological polar surface area (TPSA) is 15.3 Å². The van der Waals surface area contributed by atoms with Gasteiger partial charge in [-0.15, -0.1) is 0 Å². The fourth-order valence-corrected chi connectivity index (χ4v) is 1.76. The summed E-state index contributed by atoms with van der Waals surface area (Å²) >= 11 is 0. The Labute approximate surface area is 70.8 Å². The molecule has 0 aromatic carbocycles. The van der Waals surface area contributed by atoms with Gasteiger partial charge >= 0.3 is 0 Å². The summed E-state index contributed by atoms with van der Waals surface area (Å²) in [6.45, 7) is 2.55. The second kappa shape index (κ2) is 4.78. The third kappa shape index (κ3) is 3.26. The number of hydrogen-bond donors (Lipinski definition) is 1. The molecule has 1 heterocycles. The smallest absolute Gasteiger partial charge is 0.185 e. The molecule has 0 bridgehead atoms. The lowest BCUT2D eigenvalue weighted by Crippen LogP contribution is -2.32. The average molecular weight is 154 g/mol. The molecule has 1 fully saturated rings. The van der Waals surface area contributed by atoms with Crippen molar-refractivity contribution in [3.8, 4) is 0 Å². The maximum absolute atomic E-state index is 3.37. The van der Waals surface area contributed by atoms with E-state index in [0.29, 0.717) is 0 Å². The van der Waals surface area contributed by atoms with Crippen LogP contribution in [0, 0.1) is 0 Å². The zero-order valence-electron chi connectivity index (χ0n) is 7.77. The molecule has 0 spiro atoms. The summed E-state index contributed by atoms with van der Waals surface area (Å²) in [5.74, 6) is 0. The Bertz CT molecular complexity index is 98.3. The van der Waals surface area contributed by atoms with Gasteiger partial charge in [0.25, 0.3) is 0 Å². The molecule has 2 nitrogen and oxygen atoms in total. The predicted octanol–water partition coefficient (Wildman–Crippen LogP) is -0.00150. The van der Waals surface area contributed by atoms with E-state index in [-0.39, 0.29) is 0 Å². The number of rotatable bonds is 1. The Morgan fingerprint density at radius 3 is 2.27 bits per heavy atom. The fraction of sp³-hybridized carbons (Fsp3) is 1.00. The Morgan fingerprint density at radius 1 is 1.27 bits per heavy atom. The van der Waals surface area contributed by atoms with Crippen molar-refractivity contribution >= 4 is 7.98 Å². The van der Waals surface area contributed by atoms with Gasteiger partial charge in [0, 0.05) is 6.04 Å². The van der Waals surface area contributed by atoms with E-state index in [9.17, 15) is 0 Å². The minimum atomic E-state index is 0.781. The number of nitrogens with zero attached hydrogens (tertiary/aromatic N) is 1. The van der Waals surface area contributed by atoms with E-state index in [1.807, 2.05) is 0 Å². The molecule has 0 radical (unpaired) electrons. The van der Waals surface area contributed by atoms with E-state index < -0.39 is 0 Å². The van der Waals surface area contributed by atoms with Gasteiger partial charge in [0.15, 0.2) is 7.98 Å². The molecule has 1 aliphatic heterocycles. The molecule has 1 aliphatic rings. The Morgan fingerprint density at radius 2 is 1.82 bits per heavy atom. The summed E-state index contributed by atoms with van der Waals surface area (Å²) in [6.07, 6.45) is 5.39. The lowest BCUT2D eigenvalue weighted by Gasteiger charge is -2.24. The van der Waals surface area contributed by atoms with Crippen LogP contribution in [0.4, 0.5) is 0 Å². The molecule has 0 unspecified atom stereocenters. The number of nitrogens with one attached hydrogen (secondary N) is 1. The first-order chi connectivity index (χ1) is 5.33. The highest BCUT2D eigenvalue weighted by Crippen LogP contribution is 2.09. The Hall–Kier alpha value is -0.0151.